The lowest BCUT2D eigenvalue weighted by Gasteiger charge is -2.12. The van der Waals surface area contributed by atoms with Crippen LogP contribution >= 0.6 is 22.7 Å². The second kappa shape index (κ2) is 7.77. The van der Waals surface area contributed by atoms with Crippen LogP contribution in [0.25, 0.3) is 0 Å². The maximum absolute atomic E-state index is 9.79. The Hall–Kier alpha value is -0.720. The summed E-state index contributed by atoms with van der Waals surface area (Å²) >= 11 is 3.38. The Kier molecular flexibility index (Phi) is 6.00. The summed E-state index contributed by atoms with van der Waals surface area (Å²) in [5.74, 6) is 0. The van der Waals surface area contributed by atoms with Crippen LogP contribution in [0.15, 0.2) is 28.3 Å². The predicted molar refractivity (Wildman–Crippen MR) is 80.7 cm³/mol. The van der Waals surface area contributed by atoms with Gasteiger partial charge in [-0.2, -0.15) is 11.3 Å². The molecule has 0 saturated carbocycles. The molecule has 0 amide bonds. The van der Waals surface area contributed by atoms with Crippen LogP contribution in [0.3, 0.4) is 0 Å². The van der Waals surface area contributed by atoms with E-state index in [2.05, 4.69) is 23.0 Å². The van der Waals surface area contributed by atoms with E-state index < -0.39 is 6.10 Å². The Bertz CT molecular complexity index is 468. The first-order chi connectivity index (χ1) is 9.25. The zero-order valence-corrected chi connectivity index (χ0v) is 12.6. The lowest BCUT2D eigenvalue weighted by molar-refractivity contribution is 0.0297. The number of ether oxygens (including phenoxy) is 1. The number of aliphatic hydroxyl groups is 1. The maximum Gasteiger partial charge on any atom is 0.0897 e. The van der Waals surface area contributed by atoms with E-state index in [0.29, 0.717) is 19.8 Å². The molecule has 2 rings (SSSR count). The minimum absolute atomic E-state index is 0.369. The molecule has 19 heavy (non-hydrogen) atoms. The van der Waals surface area contributed by atoms with Gasteiger partial charge in [-0.05, 0) is 40.3 Å². The average molecular weight is 297 g/mol. The molecule has 104 valence electrons. The number of thiophene rings is 2. The van der Waals surface area contributed by atoms with Crippen molar-refractivity contribution in [3.05, 3.63) is 44.3 Å². The van der Waals surface area contributed by atoms with Crippen molar-refractivity contribution in [1.29, 1.82) is 0 Å². The summed E-state index contributed by atoms with van der Waals surface area (Å²) in [5, 5.41) is 19.4. The molecule has 0 aromatic carbocycles. The van der Waals surface area contributed by atoms with Crippen LogP contribution in [0.1, 0.15) is 16.0 Å². The van der Waals surface area contributed by atoms with E-state index in [1.807, 2.05) is 17.5 Å². The third-order valence-corrected chi connectivity index (χ3v) is 4.55. The molecule has 5 heteroatoms. The fourth-order valence-corrected chi connectivity index (χ4v) is 3.19. The van der Waals surface area contributed by atoms with Gasteiger partial charge in [0.25, 0.3) is 0 Å². The smallest absolute Gasteiger partial charge is 0.0897 e. The molecule has 2 heterocycles. The molecule has 2 N–H and O–H groups in total. The maximum atomic E-state index is 9.79. The summed E-state index contributed by atoms with van der Waals surface area (Å²) in [4.78, 5) is 1.19. The second-order valence-electron chi connectivity index (χ2n) is 4.46. The fraction of sp³-hybridized carbons (Fsp3) is 0.429. The van der Waals surface area contributed by atoms with E-state index in [-0.39, 0.29) is 0 Å². The van der Waals surface area contributed by atoms with Gasteiger partial charge in [0.05, 0.1) is 19.3 Å². The molecule has 1 atom stereocenters. The van der Waals surface area contributed by atoms with Gasteiger partial charge in [0.2, 0.25) is 0 Å². The number of aryl methyl sites for hydroxylation is 1. The Labute approximate surface area is 121 Å². The van der Waals surface area contributed by atoms with Crippen LogP contribution in [-0.2, 0) is 17.9 Å². The number of hydrogen-bond acceptors (Lipinski definition) is 5. The van der Waals surface area contributed by atoms with E-state index in [4.69, 9.17) is 4.74 Å². The molecule has 2 aromatic rings. The van der Waals surface area contributed by atoms with Crippen molar-refractivity contribution in [2.24, 2.45) is 0 Å². The molecule has 1 unspecified atom stereocenters. The van der Waals surface area contributed by atoms with Crippen LogP contribution in [0.4, 0.5) is 0 Å². The number of hydrogen-bond donors (Lipinski definition) is 2. The highest BCUT2D eigenvalue weighted by Crippen LogP contribution is 2.13. The summed E-state index contributed by atoms with van der Waals surface area (Å²) in [7, 11) is 0. The van der Waals surface area contributed by atoms with E-state index in [9.17, 15) is 5.11 Å². The third kappa shape index (κ3) is 5.04. The number of rotatable bonds is 8. The highest BCUT2D eigenvalue weighted by atomic mass is 32.1. The molecule has 0 bridgehead atoms. The Morgan fingerprint density at radius 3 is 3.00 bits per heavy atom. The Morgan fingerprint density at radius 2 is 2.32 bits per heavy atom. The molecule has 0 spiro atoms. The zero-order chi connectivity index (χ0) is 13.5. The SMILES string of the molecule is Cc1cscc1CNCC(O)COCc1cccs1. The molecule has 2 aromatic heterocycles. The van der Waals surface area contributed by atoms with Crippen molar-refractivity contribution < 1.29 is 9.84 Å². The monoisotopic (exact) mass is 297 g/mol. The minimum atomic E-state index is -0.459. The van der Waals surface area contributed by atoms with Crippen molar-refractivity contribution in [1.82, 2.24) is 5.32 Å². The summed E-state index contributed by atoms with van der Waals surface area (Å²) in [6.45, 7) is 4.41. The first-order valence-electron chi connectivity index (χ1n) is 6.26. The van der Waals surface area contributed by atoms with Gasteiger partial charge in [0, 0.05) is 18.0 Å². The number of aliphatic hydroxyl groups excluding tert-OH is 1. The van der Waals surface area contributed by atoms with Gasteiger partial charge in [0.15, 0.2) is 0 Å². The quantitative estimate of drug-likeness (QED) is 0.787. The lowest BCUT2D eigenvalue weighted by Crippen LogP contribution is -2.30. The van der Waals surface area contributed by atoms with Crippen LogP contribution in [-0.4, -0.2) is 24.4 Å². The normalized spacial score (nSPS) is 12.7. The fourth-order valence-electron chi connectivity index (χ4n) is 1.69. The molecule has 3 nitrogen and oxygen atoms in total. The van der Waals surface area contributed by atoms with Gasteiger partial charge >= 0.3 is 0 Å². The first kappa shape index (κ1) is 14.7. The largest absolute Gasteiger partial charge is 0.389 e. The predicted octanol–water partition coefficient (Wildman–Crippen LogP) is 2.79. The Morgan fingerprint density at radius 1 is 1.42 bits per heavy atom. The van der Waals surface area contributed by atoms with Crippen molar-refractivity contribution in [3.8, 4) is 0 Å². The van der Waals surface area contributed by atoms with E-state index in [0.717, 1.165) is 6.54 Å². The number of nitrogens with one attached hydrogen (secondary N) is 1. The van der Waals surface area contributed by atoms with Crippen LogP contribution < -0.4 is 5.32 Å². The first-order valence-corrected chi connectivity index (χ1v) is 8.08. The molecule has 0 aliphatic rings. The summed E-state index contributed by atoms with van der Waals surface area (Å²) in [6, 6.07) is 4.04. The lowest BCUT2D eigenvalue weighted by atomic mass is 10.2. The van der Waals surface area contributed by atoms with Gasteiger partial charge in [-0.3, -0.25) is 0 Å². The second-order valence-corrected chi connectivity index (χ2v) is 6.24. The van der Waals surface area contributed by atoms with Crippen molar-refractivity contribution in [2.45, 2.75) is 26.2 Å². The van der Waals surface area contributed by atoms with Crippen molar-refractivity contribution in [3.63, 3.8) is 0 Å². The molecule has 0 fully saturated rings. The van der Waals surface area contributed by atoms with Gasteiger partial charge in [-0.1, -0.05) is 6.07 Å². The highest BCUT2D eigenvalue weighted by Gasteiger charge is 2.05. The highest BCUT2D eigenvalue weighted by molar-refractivity contribution is 7.09. The molecule has 0 aliphatic heterocycles. The summed E-state index contributed by atoms with van der Waals surface area (Å²) in [6.07, 6.45) is -0.459. The molecule has 0 saturated heterocycles. The van der Waals surface area contributed by atoms with E-state index >= 15 is 0 Å². The van der Waals surface area contributed by atoms with Gasteiger partial charge < -0.3 is 15.2 Å². The third-order valence-electron chi connectivity index (χ3n) is 2.79. The van der Waals surface area contributed by atoms with Crippen molar-refractivity contribution in [2.75, 3.05) is 13.2 Å². The topological polar surface area (TPSA) is 41.5 Å². The molecular formula is C14H19NO2S2. The van der Waals surface area contributed by atoms with Crippen LogP contribution in [0.5, 0.6) is 0 Å². The van der Waals surface area contributed by atoms with Crippen molar-refractivity contribution >= 4 is 22.7 Å². The average Bonchev–Trinajstić information content (AvgIpc) is 3.02. The standard InChI is InChI=1S/C14H19NO2S2/c1-11-9-18-10-12(11)5-15-6-13(16)7-17-8-14-3-2-4-19-14/h2-4,9-10,13,15-16H,5-8H2,1H3. The summed E-state index contributed by atoms with van der Waals surface area (Å²) in [5.41, 5.74) is 2.61. The van der Waals surface area contributed by atoms with Gasteiger partial charge in [-0.15, -0.1) is 11.3 Å². The minimum Gasteiger partial charge on any atom is -0.389 e. The molecular weight excluding hydrogens is 278 g/mol. The Balaban J connectivity index is 1.57. The van der Waals surface area contributed by atoms with E-state index in [1.54, 1.807) is 22.7 Å². The van der Waals surface area contributed by atoms with Crippen LogP contribution in [0, 0.1) is 6.92 Å². The molecule has 0 aliphatic carbocycles. The molecule has 0 radical (unpaired) electrons. The van der Waals surface area contributed by atoms with Crippen LogP contribution in [0.2, 0.25) is 0 Å². The van der Waals surface area contributed by atoms with E-state index in [1.165, 1.54) is 16.0 Å². The van der Waals surface area contributed by atoms with Gasteiger partial charge in [0.1, 0.15) is 0 Å². The summed E-state index contributed by atoms with van der Waals surface area (Å²) < 4.78 is 5.47. The van der Waals surface area contributed by atoms with Gasteiger partial charge in [-0.25, -0.2) is 0 Å². The zero-order valence-electron chi connectivity index (χ0n) is 11.0.